The fourth-order valence-electron chi connectivity index (χ4n) is 2.89. The van der Waals surface area contributed by atoms with Crippen LogP contribution in [-0.4, -0.2) is 5.11 Å². The van der Waals surface area contributed by atoms with E-state index in [1.165, 1.54) is 21.5 Å². The van der Waals surface area contributed by atoms with Crippen LogP contribution in [0.15, 0.2) is 72.8 Å². The van der Waals surface area contributed by atoms with Crippen molar-refractivity contribution in [2.24, 2.45) is 0 Å². The lowest BCUT2D eigenvalue weighted by molar-refractivity contribution is 0.475. The van der Waals surface area contributed by atoms with E-state index in [0.29, 0.717) is 5.02 Å². The normalized spacial score (nSPS) is 11.1. The standard InChI is InChI=1S/C20H13ClO/c21-19-12-16(8-9-20(19)22)17-7-3-6-15-10-13-4-1-2-5-14(13)11-18(15)17/h1-12,22H. The summed E-state index contributed by atoms with van der Waals surface area (Å²) in [5.41, 5.74) is 2.12. The Hall–Kier alpha value is -2.51. The van der Waals surface area contributed by atoms with E-state index in [2.05, 4.69) is 42.5 Å². The Kier molecular flexibility index (Phi) is 3.02. The van der Waals surface area contributed by atoms with Gasteiger partial charge in [-0.25, -0.2) is 0 Å². The van der Waals surface area contributed by atoms with Gasteiger partial charge in [-0.15, -0.1) is 0 Å². The van der Waals surface area contributed by atoms with Gasteiger partial charge >= 0.3 is 0 Å². The molecule has 106 valence electrons. The quantitative estimate of drug-likeness (QED) is 0.426. The van der Waals surface area contributed by atoms with Crippen LogP contribution in [0, 0.1) is 0 Å². The highest BCUT2D eigenvalue weighted by atomic mass is 35.5. The maximum atomic E-state index is 9.61. The molecule has 0 saturated heterocycles. The van der Waals surface area contributed by atoms with Gasteiger partial charge in [0.1, 0.15) is 5.75 Å². The lowest BCUT2D eigenvalue weighted by atomic mass is 9.95. The Morgan fingerprint density at radius 3 is 2.18 bits per heavy atom. The van der Waals surface area contributed by atoms with Gasteiger partial charge in [0.05, 0.1) is 5.02 Å². The number of benzene rings is 4. The lowest BCUT2D eigenvalue weighted by Gasteiger charge is -2.09. The molecular weight excluding hydrogens is 292 g/mol. The SMILES string of the molecule is Oc1ccc(-c2cccc3cc4ccccc4cc23)cc1Cl. The molecule has 0 aliphatic carbocycles. The van der Waals surface area contributed by atoms with Crippen molar-refractivity contribution in [2.45, 2.75) is 0 Å². The van der Waals surface area contributed by atoms with E-state index in [-0.39, 0.29) is 5.75 Å². The highest BCUT2D eigenvalue weighted by molar-refractivity contribution is 6.32. The molecule has 4 aromatic carbocycles. The Morgan fingerprint density at radius 1 is 0.682 bits per heavy atom. The molecular formula is C20H13ClO. The number of fused-ring (bicyclic) bond motifs is 2. The smallest absolute Gasteiger partial charge is 0.134 e. The first-order valence-electron chi connectivity index (χ1n) is 7.13. The molecule has 0 atom stereocenters. The maximum Gasteiger partial charge on any atom is 0.134 e. The molecule has 0 unspecified atom stereocenters. The zero-order chi connectivity index (χ0) is 15.1. The zero-order valence-corrected chi connectivity index (χ0v) is 12.5. The lowest BCUT2D eigenvalue weighted by Crippen LogP contribution is -1.83. The van der Waals surface area contributed by atoms with Crippen LogP contribution in [0.1, 0.15) is 0 Å². The first-order chi connectivity index (χ1) is 10.7. The van der Waals surface area contributed by atoms with Crippen molar-refractivity contribution in [3.05, 3.63) is 77.8 Å². The Balaban J connectivity index is 2.04. The summed E-state index contributed by atoms with van der Waals surface area (Å²) in [6.07, 6.45) is 0. The highest BCUT2D eigenvalue weighted by Gasteiger charge is 2.07. The first kappa shape index (κ1) is 13.2. The van der Waals surface area contributed by atoms with Crippen molar-refractivity contribution in [3.8, 4) is 16.9 Å². The van der Waals surface area contributed by atoms with Crippen molar-refractivity contribution in [3.63, 3.8) is 0 Å². The number of phenols is 1. The van der Waals surface area contributed by atoms with Crippen LogP contribution in [0.3, 0.4) is 0 Å². The molecule has 4 aromatic rings. The third kappa shape index (κ3) is 2.11. The van der Waals surface area contributed by atoms with Crippen LogP contribution in [0.2, 0.25) is 5.02 Å². The summed E-state index contributed by atoms with van der Waals surface area (Å²) in [5, 5.41) is 14.8. The molecule has 0 fully saturated rings. The Morgan fingerprint density at radius 2 is 1.41 bits per heavy atom. The van der Waals surface area contributed by atoms with Crippen molar-refractivity contribution >= 4 is 33.1 Å². The van der Waals surface area contributed by atoms with Gasteiger partial charge in [-0.2, -0.15) is 0 Å². The van der Waals surface area contributed by atoms with Gasteiger partial charge < -0.3 is 5.11 Å². The number of hydrogen-bond donors (Lipinski definition) is 1. The topological polar surface area (TPSA) is 20.2 Å². The van der Waals surface area contributed by atoms with Gasteiger partial charge in [0, 0.05) is 0 Å². The molecule has 2 heteroatoms. The van der Waals surface area contributed by atoms with Gasteiger partial charge in [-0.05, 0) is 56.9 Å². The van der Waals surface area contributed by atoms with Crippen LogP contribution in [-0.2, 0) is 0 Å². The Bertz CT molecular complexity index is 1000. The minimum atomic E-state index is 0.108. The molecule has 0 amide bonds. The van der Waals surface area contributed by atoms with E-state index in [9.17, 15) is 5.11 Å². The molecule has 0 radical (unpaired) electrons. The molecule has 1 N–H and O–H groups in total. The van der Waals surface area contributed by atoms with Crippen LogP contribution < -0.4 is 0 Å². The largest absolute Gasteiger partial charge is 0.506 e. The summed E-state index contributed by atoms with van der Waals surface area (Å²) in [7, 11) is 0. The molecule has 0 saturated carbocycles. The number of rotatable bonds is 1. The number of halogens is 1. The predicted octanol–water partition coefficient (Wildman–Crippen LogP) is 6.02. The predicted molar refractivity (Wildman–Crippen MR) is 93.6 cm³/mol. The van der Waals surface area contributed by atoms with Crippen molar-refractivity contribution < 1.29 is 5.11 Å². The molecule has 0 heterocycles. The second-order valence-electron chi connectivity index (χ2n) is 5.39. The van der Waals surface area contributed by atoms with E-state index in [1.54, 1.807) is 12.1 Å². The average Bonchev–Trinajstić information content (AvgIpc) is 2.55. The highest BCUT2D eigenvalue weighted by Crippen LogP contribution is 2.35. The van der Waals surface area contributed by atoms with Crippen molar-refractivity contribution in [1.29, 1.82) is 0 Å². The number of aromatic hydroxyl groups is 1. The average molecular weight is 305 g/mol. The van der Waals surface area contributed by atoms with Gasteiger partial charge in [-0.1, -0.05) is 60.1 Å². The summed E-state index contributed by atoms with van der Waals surface area (Å²) in [4.78, 5) is 0. The molecule has 22 heavy (non-hydrogen) atoms. The summed E-state index contributed by atoms with van der Waals surface area (Å²) < 4.78 is 0. The van der Waals surface area contributed by atoms with E-state index in [0.717, 1.165) is 11.1 Å². The van der Waals surface area contributed by atoms with E-state index in [4.69, 9.17) is 11.6 Å². The van der Waals surface area contributed by atoms with Crippen molar-refractivity contribution in [1.82, 2.24) is 0 Å². The van der Waals surface area contributed by atoms with Gasteiger partial charge in [-0.3, -0.25) is 0 Å². The molecule has 0 aromatic heterocycles. The zero-order valence-electron chi connectivity index (χ0n) is 11.8. The van der Waals surface area contributed by atoms with Crippen LogP contribution >= 0.6 is 11.6 Å². The second-order valence-corrected chi connectivity index (χ2v) is 5.80. The minimum absolute atomic E-state index is 0.108. The fourth-order valence-corrected chi connectivity index (χ4v) is 3.07. The fraction of sp³-hybridized carbons (Fsp3) is 0. The molecule has 0 aliphatic rings. The van der Waals surface area contributed by atoms with Crippen molar-refractivity contribution in [2.75, 3.05) is 0 Å². The number of phenolic OH excluding ortho intramolecular Hbond substituents is 1. The molecule has 0 bridgehead atoms. The summed E-state index contributed by atoms with van der Waals surface area (Å²) in [6, 6.07) is 24.3. The van der Waals surface area contributed by atoms with Gasteiger partial charge in [0.25, 0.3) is 0 Å². The van der Waals surface area contributed by atoms with Crippen LogP contribution in [0.4, 0.5) is 0 Å². The summed E-state index contributed by atoms with van der Waals surface area (Å²) in [5.74, 6) is 0.108. The second kappa shape index (κ2) is 5.04. The third-order valence-electron chi connectivity index (χ3n) is 4.01. The summed E-state index contributed by atoms with van der Waals surface area (Å²) >= 11 is 6.06. The maximum absolute atomic E-state index is 9.61. The minimum Gasteiger partial charge on any atom is -0.506 e. The monoisotopic (exact) mass is 304 g/mol. The summed E-state index contributed by atoms with van der Waals surface area (Å²) in [6.45, 7) is 0. The molecule has 4 rings (SSSR count). The van der Waals surface area contributed by atoms with E-state index in [1.807, 2.05) is 18.2 Å². The van der Waals surface area contributed by atoms with Gasteiger partial charge in [0.2, 0.25) is 0 Å². The van der Waals surface area contributed by atoms with E-state index < -0.39 is 0 Å². The third-order valence-corrected chi connectivity index (χ3v) is 4.31. The van der Waals surface area contributed by atoms with E-state index >= 15 is 0 Å². The number of hydrogen-bond acceptors (Lipinski definition) is 1. The van der Waals surface area contributed by atoms with Crippen LogP contribution in [0.25, 0.3) is 32.7 Å². The molecule has 0 aliphatic heterocycles. The Labute approximate surface area is 133 Å². The van der Waals surface area contributed by atoms with Gasteiger partial charge in [0.15, 0.2) is 0 Å². The molecule has 1 nitrogen and oxygen atoms in total. The van der Waals surface area contributed by atoms with Crippen LogP contribution in [0.5, 0.6) is 5.75 Å². The first-order valence-corrected chi connectivity index (χ1v) is 7.50. The molecule has 0 spiro atoms.